The van der Waals surface area contributed by atoms with Gasteiger partial charge in [-0.25, -0.2) is 9.07 Å². The monoisotopic (exact) mass is 325 g/mol. The van der Waals surface area contributed by atoms with E-state index in [9.17, 15) is 19.3 Å². The molecule has 0 aliphatic heterocycles. The highest BCUT2D eigenvalue weighted by molar-refractivity contribution is 5.61. The second kappa shape index (κ2) is 6.41. The Kier molecular flexibility index (Phi) is 4.15. The van der Waals surface area contributed by atoms with Crippen LogP contribution in [0.5, 0.6) is 0 Å². The Hall–Kier alpha value is -3.35. The molecule has 1 aromatic heterocycles. The van der Waals surface area contributed by atoms with Crippen molar-refractivity contribution in [3.63, 3.8) is 0 Å². The van der Waals surface area contributed by atoms with Crippen molar-refractivity contribution in [3.05, 3.63) is 92.5 Å². The summed E-state index contributed by atoms with van der Waals surface area (Å²) >= 11 is 0. The van der Waals surface area contributed by atoms with Crippen LogP contribution in [0.4, 0.5) is 10.1 Å². The number of nitro groups is 1. The van der Waals surface area contributed by atoms with Gasteiger partial charge in [0.15, 0.2) is 0 Å². The van der Waals surface area contributed by atoms with Gasteiger partial charge < -0.3 is 0 Å². The van der Waals surface area contributed by atoms with Gasteiger partial charge in [-0.3, -0.25) is 14.9 Å². The fourth-order valence-electron chi connectivity index (χ4n) is 2.30. The lowest BCUT2D eigenvalue weighted by Crippen LogP contribution is -2.22. The third-order valence-corrected chi connectivity index (χ3v) is 3.44. The summed E-state index contributed by atoms with van der Waals surface area (Å²) in [4.78, 5) is 22.3. The highest BCUT2D eigenvalue weighted by Crippen LogP contribution is 2.21. The van der Waals surface area contributed by atoms with Crippen molar-refractivity contribution in [1.82, 2.24) is 9.78 Å². The molecule has 0 unspecified atom stereocenters. The molecule has 0 radical (unpaired) electrons. The average Bonchev–Trinajstić information content (AvgIpc) is 2.57. The summed E-state index contributed by atoms with van der Waals surface area (Å²) in [6.45, 7) is 0.110. The van der Waals surface area contributed by atoms with E-state index in [0.717, 1.165) is 0 Å². The van der Waals surface area contributed by atoms with Gasteiger partial charge in [0, 0.05) is 23.8 Å². The average molecular weight is 325 g/mol. The largest absolute Gasteiger partial charge is 0.270 e. The molecule has 24 heavy (non-hydrogen) atoms. The molecule has 0 aliphatic carbocycles. The van der Waals surface area contributed by atoms with Crippen molar-refractivity contribution in [2.75, 3.05) is 0 Å². The molecule has 0 N–H and O–H groups in total. The third-order valence-electron chi connectivity index (χ3n) is 3.44. The molecule has 0 fully saturated rings. The molecule has 0 bridgehead atoms. The molecule has 0 atom stereocenters. The maximum Gasteiger partial charge on any atom is 0.270 e. The first kappa shape index (κ1) is 15.5. The number of rotatable bonds is 4. The smallest absolute Gasteiger partial charge is 0.268 e. The van der Waals surface area contributed by atoms with Gasteiger partial charge in [-0.1, -0.05) is 24.3 Å². The normalized spacial score (nSPS) is 10.5. The van der Waals surface area contributed by atoms with Gasteiger partial charge in [0.25, 0.3) is 11.2 Å². The highest BCUT2D eigenvalue weighted by atomic mass is 19.1. The van der Waals surface area contributed by atoms with Crippen LogP contribution in [0.15, 0.2) is 65.5 Å². The van der Waals surface area contributed by atoms with Gasteiger partial charge in [-0.15, -0.1) is 0 Å². The fourth-order valence-corrected chi connectivity index (χ4v) is 2.30. The molecule has 0 spiro atoms. The molecule has 6 nitrogen and oxygen atoms in total. The van der Waals surface area contributed by atoms with E-state index in [4.69, 9.17) is 0 Å². The van der Waals surface area contributed by atoms with Gasteiger partial charge in [0.2, 0.25) is 0 Å². The molecule has 0 aliphatic rings. The first-order valence-corrected chi connectivity index (χ1v) is 7.10. The zero-order valence-corrected chi connectivity index (χ0v) is 12.4. The zero-order chi connectivity index (χ0) is 17.1. The lowest BCUT2D eigenvalue weighted by Gasteiger charge is -2.07. The molecule has 3 aromatic rings. The van der Waals surface area contributed by atoms with E-state index in [1.54, 1.807) is 24.3 Å². The Morgan fingerprint density at radius 1 is 1.08 bits per heavy atom. The molecule has 0 amide bonds. The van der Waals surface area contributed by atoms with Crippen LogP contribution in [0, 0.1) is 15.9 Å². The Bertz CT molecular complexity index is 969. The Labute approximate surface area is 136 Å². The zero-order valence-electron chi connectivity index (χ0n) is 12.4. The molecule has 1 heterocycles. The van der Waals surface area contributed by atoms with Crippen LogP contribution < -0.4 is 5.56 Å². The lowest BCUT2D eigenvalue weighted by atomic mass is 10.1. The maximum atomic E-state index is 13.3. The summed E-state index contributed by atoms with van der Waals surface area (Å²) in [6, 6.07) is 14.7. The van der Waals surface area contributed by atoms with Crippen molar-refractivity contribution in [1.29, 1.82) is 0 Å². The summed E-state index contributed by atoms with van der Waals surface area (Å²) in [7, 11) is 0. The number of nitrogens with zero attached hydrogens (tertiary/aromatic N) is 3. The molecule has 120 valence electrons. The number of benzene rings is 2. The number of aromatic nitrogens is 2. The van der Waals surface area contributed by atoms with Gasteiger partial charge >= 0.3 is 0 Å². The fraction of sp³-hybridized carbons (Fsp3) is 0.0588. The first-order valence-electron chi connectivity index (χ1n) is 7.10. The van der Waals surface area contributed by atoms with Gasteiger partial charge in [0.05, 0.1) is 17.2 Å². The minimum absolute atomic E-state index is 0.0582. The number of halogens is 1. The Morgan fingerprint density at radius 2 is 1.88 bits per heavy atom. The standard InChI is InChI=1S/C17H12FN3O3/c18-14-5-1-3-12(9-14)11-20-17(22)8-7-16(19-20)13-4-2-6-15(10-13)21(23)24/h1-10H,11H2. The number of hydrogen-bond donors (Lipinski definition) is 0. The van der Waals surface area contributed by atoms with E-state index >= 15 is 0 Å². The lowest BCUT2D eigenvalue weighted by molar-refractivity contribution is -0.384. The Balaban J connectivity index is 1.98. The van der Waals surface area contributed by atoms with E-state index in [1.165, 1.54) is 41.1 Å². The first-order chi connectivity index (χ1) is 11.5. The van der Waals surface area contributed by atoms with Crippen molar-refractivity contribution in [2.24, 2.45) is 0 Å². The predicted octanol–water partition coefficient (Wildman–Crippen LogP) is 3.01. The van der Waals surface area contributed by atoms with E-state index in [2.05, 4.69) is 5.10 Å². The van der Waals surface area contributed by atoms with Gasteiger partial charge in [0.1, 0.15) is 5.82 Å². The SMILES string of the molecule is O=c1ccc(-c2cccc([N+](=O)[O-])c2)nn1Cc1cccc(F)c1. The van der Waals surface area contributed by atoms with Crippen molar-refractivity contribution in [2.45, 2.75) is 6.54 Å². The van der Waals surface area contributed by atoms with Gasteiger partial charge in [-0.2, -0.15) is 5.10 Å². The molecule has 7 heteroatoms. The van der Waals surface area contributed by atoms with Crippen LogP contribution in [0.2, 0.25) is 0 Å². The molecule has 0 saturated carbocycles. The molecule has 3 rings (SSSR count). The van der Waals surface area contributed by atoms with Crippen LogP contribution >= 0.6 is 0 Å². The second-order valence-electron chi connectivity index (χ2n) is 5.15. The Morgan fingerprint density at radius 3 is 2.62 bits per heavy atom. The quantitative estimate of drug-likeness (QED) is 0.546. The topological polar surface area (TPSA) is 78.0 Å². The third kappa shape index (κ3) is 3.35. The summed E-state index contributed by atoms with van der Waals surface area (Å²) in [5.41, 5.74) is 1.15. The second-order valence-corrected chi connectivity index (χ2v) is 5.15. The van der Waals surface area contributed by atoms with Crippen molar-refractivity contribution < 1.29 is 9.31 Å². The van der Waals surface area contributed by atoms with Gasteiger partial charge in [-0.05, 0) is 23.8 Å². The number of non-ortho nitro benzene ring substituents is 1. The minimum atomic E-state index is -0.494. The predicted molar refractivity (Wildman–Crippen MR) is 86.1 cm³/mol. The van der Waals surface area contributed by atoms with Crippen molar-refractivity contribution >= 4 is 5.69 Å². The van der Waals surface area contributed by atoms with E-state index < -0.39 is 10.7 Å². The summed E-state index contributed by atoms with van der Waals surface area (Å²) in [5, 5.41) is 15.1. The summed E-state index contributed by atoms with van der Waals surface area (Å²) in [5.74, 6) is -0.393. The summed E-state index contributed by atoms with van der Waals surface area (Å²) < 4.78 is 14.5. The van der Waals surface area contributed by atoms with Crippen LogP contribution in [0.25, 0.3) is 11.3 Å². The van der Waals surface area contributed by atoms with Crippen molar-refractivity contribution in [3.8, 4) is 11.3 Å². The van der Waals surface area contributed by atoms with Crippen LogP contribution in [-0.4, -0.2) is 14.7 Å². The van der Waals surface area contributed by atoms with E-state index in [-0.39, 0.29) is 17.8 Å². The van der Waals surface area contributed by atoms with Crippen LogP contribution in [0.1, 0.15) is 5.56 Å². The summed E-state index contributed by atoms with van der Waals surface area (Å²) in [6.07, 6.45) is 0. The number of nitro benzene ring substituents is 1. The van der Waals surface area contributed by atoms with E-state index in [0.29, 0.717) is 16.8 Å². The maximum absolute atomic E-state index is 13.3. The van der Waals surface area contributed by atoms with E-state index in [1.807, 2.05) is 0 Å². The number of hydrogen-bond acceptors (Lipinski definition) is 4. The van der Waals surface area contributed by atoms with Crippen LogP contribution in [-0.2, 0) is 6.54 Å². The molecular formula is C17H12FN3O3. The highest BCUT2D eigenvalue weighted by Gasteiger charge is 2.09. The molecule has 2 aromatic carbocycles. The minimum Gasteiger partial charge on any atom is -0.268 e. The molecular weight excluding hydrogens is 313 g/mol. The molecule has 0 saturated heterocycles. The van der Waals surface area contributed by atoms with Crippen LogP contribution in [0.3, 0.4) is 0 Å².